The molecule has 4 aromatic carbocycles. The van der Waals surface area contributed by atoms with Crippen LogP contribution in [0.4, 0.5) is 5.95 Å². The summed E-state index contributed by atoms with van der Waals surface area (Å²) >= 11 is 11.6. The minimum Gasteiger partial charge on any atom is -0.490 e. The number of hydrogen-bond donors (Lipinski definition) is 1. The minimum atomic E-state index is -0.666. The fourth-order valence-corrected chi connectivity index (χ4v) is 7.08. The molecule has 1 aliphatic rings. The number of esters is 1. The smallest absolute Gasteiger partial charge is 0.338 e. The van der Waals surface area contributed by atoms with Gasteiger partial charge in [0.15, 0.2) is 11.5 Å². The Hall–Kier alpha value is -4.25. The number of nitrogens with zero attached hydrogens (tertiary/aromatic N) is 3. The van der Waals surface area contributed by atoms with Gasteiger partial charge in [-0.15, -0.1) is 5.10 Å². The Balaban J connectivity index is 1.34. The van der Waals surface area contributed by atoms with Crippen molar-refractivity contribution in [3.8, 4) is 11.5 Å². The molecule has 1 unspecified atom stereocenters. The summed E-state index contributed by atoms with van der Waals surface area (Å²) in [5.74, 6) is 1.78. The number of carbonyl (C=O) groups is 1. The maximum atomic E-state index is 13.9. The average Bonchev–Trinajstić information content (AvgIpc) is 3.50. The van der Waals surface area contributed by atoms with Gasteiger partial charge in [-0.3, -0.25) is 0 Å². The molecular weight excluding hydrogens is 712 g/mol. The van der Waals surface area contributed by atoms with E-state index in [1.807, 2.05) is 98.8 Å². The second kappa shape index (κ2) is 15.8. The van der Waals surface area contributed by atoms with Crippen LogP contribution in [0.3, 0.4) is 0 Å². The summed E-state index contributed by atoms with van der Waals surface area (Å²) in [6.45, 7) is 4.79. The number of rotatable bonds is 13. The van der Waals surface area contributed by atoms with Gasteiger partial charge in [0, 0.05) is 22.9 Å². The number of thioether (sulfide) groups is 1. The fraction of sp³-hybridized carbons (Fsp3) is 0.216. The summed E-state index contributed by atoms with van der Waals surface area (Å²) in [6, 6.07) is 30.7. The second-order valence-corrected chi connectivity index (χ2v) is 13.2. The predicted octanol–water partition coefficient (Wildman–Crippen LogP) is 9.04. The molecule has 11 heteroatoms. The minimum absolute atomic E-state index is 0.133. The molecular formula is C37H34BrClN4O4S. The lowest BCUT2D eigenvalue weighted by Crippen LogP contribution is -2.29. The highest BCUT2D eigenvalue weighted by Crippen LogP contribution is 2.43. The van der Waals surface area contributed by atoms with E-state index in [-0.39, 0.29) is 6.61 Å². The Labute approximate surface area is 297 Å². The first-order valence-corrected chi connectivity index (χ1v) is 17.7. The maximum absolute atomic E-state index is 13.9. The Bertz CT molecular complexity index is 1920. The molecule has 0 fully saturated rings. The Morgan fingerprint density at radius 3 is 2.42 bits per heavy atom. The number of carbonyl (C=O) groups excluding carboxylic acids is 1. The number of halogens is 2. The third-order valence-corrected chi connectivity index (χ3v) is 9.55. The molecule has 1 aromatic heterocycles. The van der Waals surface area contributed by atoms with Gasteiger partial charge in [0.25, 0.3) is 0 Å². The Morgan fingerprint density at radius 2 is 1.69 bits per heavy atom. The average molecular weight is 746 g/mol. The molecule has 1 aliphatic heterocycles. The molecule has 246 valence electrons. The van der Waals surface area contributed by atoms with Gasteiger partial charge < -0.3 is 19.5 Å². The summed E-state index contributed by atoms with van der Waals surface area (Å²) in [5, 5.41) is 9.40. The number of anilines is 1. The fourth-order valence-electron chi connectivity index (χ4n) is 5.39. The Morgan fingerprint density at radius 1 is 0.979 bits per heavy atom. The molecule has 0 amide bonds. The van der Waals surface area contributed by atoms with Crippen molar-refractivity contribution in [2.75, 3.05) is 18.5 Å². The zero-order valence-electron chi connectivity index (χ0n) is 26.5. The van der Waals surface area contributed by atoms with Crippen LogP contribution in [0, 0.1) is 0 Å². The third-order valence-electron chi connectivity index (χ3n) is 7.71. The molecule has 48 heavy (non-hydrogen) atoms. The van der Waals surface area contributed by atoms with Gasteiger partial charge in [-0.05, 0) is 70.2 Å². The van der Waals surface area contributed by atoms with Crippen molar-refractivity contribution >= 4 is 51.2 Å². The van der Waals surface area contributed by atoms with Gasteiger partial charge in [0.05, 0.1) is 23.3 Å². The van der Waals surface area contributed by atoms with Crippen LogP contribution in [0.5, 0.6) is 11.5 Å². The standard InChI is InChI=1S/C37H34BrClN4O4S/c1-3-45-31-21-28(20-29(38)34(31)46-19-18-25-12-6-4-7-13-25)33-32(35(44)47-22-26-14-8-5-9-15-26)24(2)40-36-41-37(42-43(33)36)48-23-27-16-10-11-17-30(27)39/h4-17,20-21,33H,3,18-19,22-23H2,1-2H3,(H,40,41,42). The lowest BCUT2D eigenvalue weighted by Gasteiger charge is -2.29. The number of allylic oxidation sites excluding steroid dienone is 1. The topological polar surface area (TPSA) is 87.5 Å². The van der Waals surface area contributed by atoms with E-state index in [0.29, 0.717) is 62.3 Å². The molecule has 0 bridgehead atoms. The molecule has 1 atom stereocenters. The van der Waals surface area contributed by atoms with Crippen molar-refractivity contribution in [3.63, 3.8) is 0 Å². The van der Waals surface area contributed by atoms with E-state index in [2.05, 4.69) is 33.4 Å². The lowest BCUT2D eigenvalue weighted by atomic mass is 9.95. The monoisotopic (exact) mass is 744 g/mol. The number of ether oxygens (including phenoxy) is 3. The van der Waals surface area contributed by atoms with E-state index in [1.54, 1.807) is 4.68 Å². The lowest BCUT2D eigenvalue weighted by molar-refractivity contribution is -0.140. The van der Waals surface area contributed by atoms with Crippen molar-refractivity contribution in [2.24, 2.45) is 0 Å². The van der Waals surface area contributed by atoms with E-state index >= 15 is 0 Å². The first kappa shape index (κ1) is 33.6. The first-order chi connectivity index (χ1) is 23.4. The third kappa shape index (κ3) is 7.89. The van der Waals surface area contributed by atoms with Crippen LogP contribution in [-0.2, 0) is 28.3 Å². The molecule has 5 aromatic rings. The molecule has 0 saturated heterocycles. The highest BCUT2D eigenvalue weighted by molar-refractivity contribution is 9.10. The summed E-state index contributed by atoms with van der Waals surface area (Å²) in [7, 11) is 0. The molecule has 0 aliphatic carbocycles. The molecule has 2 heterocycles. The zero-order chi connectivity index (χ0) is 33.5. The van der Waals surface area contributed by atoms with Crippen molar-refractivity contribution in [1.29, 1.82) is 0 Å². The largest absolute Gasteiger partial charge is 0.490 e. The van der Waals surface area contributed by atoms with Crippen molar-refractivity contribution in [2.45, 2.75) is 43.8 Å². The molecule has 0 saturated carbocycles. The first-order valence-electron chi connectivity index (χ1n) is 15.6. The molecule has 1 N–H and O–H groups in total. The van der Waals surface area contributed by atoms with E-state index in [9.17, 15) is 4.79 Å². The summed E-state index contributed by atoms with van der Waals surface area (Å²) in [5.41, 5.74) is 4.84. The SMILES string of the molecule is CCOc1cc(C2C(C(=O)OCc3ccccc3)=C(C)Nc3nc(SCc4ccccc4Cl)nn32)cc(Br)c1OCCc1ccccc1. The number of nitrogens with one attached hydrogen (secondary N) is 1. The summed E-state index contributed by atoms with van der Waals surface area (Å²) in [4.78, 5) is 18.7. The normalized spacial score (nSPS) is 13.9. The van der Waals surface area contributed by atoms with Gasteiger partial charge >= 0.3 is 5.97 Å². The number of benzene rings is 4. The van der Waals surface area contributed by atoms with Crippen LogP contribution < -0.4 is 14.8 Å². The zero-order valence-corrected chi connectivity index (χ0v) is 29.6. The van der Waals surface area contributed by atoms with Crippen LogP contribution in [-0.4, -0.2) is 33.9 Å². The Kier molecular flexibility index (Phi) is 11.1. The molecule has 0 radical (unpaired) electrons. The quantitative estimate of drug-likeness (QED) is 0.0944. The van der Waals surface area contributed by atoms with Crippen LogP contribution in [0.2, 0.25) is 5.02 Å². The van der Waals surface area contributed by atoms with Gasteiger partial charge in [0.1, 0.15) is 12.6 Å². The maximum Gasteiger partial charge on any atom is 0.338 e. The van der Waals surface area contributed by atoms with Crippen molar-refractivity contribution < 1.29 is 19.0 Å². The van der Waals surface area contributed by atoms with Crippen LogP contribution >= 0.6 is 39.3 Å². The summed E-state index contributed by atoms with van der Waals surface area (Å²) in [6.07, 6.45) is 0.741. The van der Waals surface area contributed by atoms with Gasteiger partial charge in [-0.25, -0.2) is 9.48 Å². The van der Waals surface area contributed by atoms with Crippen LogP contribution in [0.15, 0.2) is 118 Å². The molecule has 0 spiro atoms. The van der Waals surface area contributed by atoms with Crippen molar-refractivity contribution in [1.82, 2.24) is 14.8 Å². The number of hydrogen-bond acceptors (Lipinski definition) is 8. The highest BCUT2D eigenvalue weighted by Gasteiger charge is 2.36. The highest BCUT2D eigenvalue weighted by atomic mass is 79.9. The van der Waals surface area contributed by atoms with E-state index in [1.165, 1.54) is 17.3 Å². The van der Waals surface area contributed by atoms with Gasteiger partial charge in [-0.2, -0.15) is 4.98 Å². The molecule has 6 rings (SSSR count). The second-order valence-electron chi connectivity index (χ2n) is 11.0. The van der Waals surface area contributed by atoms with E-state index < -0.39 is 12.0 Å². The van der Waals surface area contributed by atoms with Crippen molar-refractivity contribution in [3.05, 3.63) is 140 Å². The van der Waals surface area contributed by atoms with Crippen LogP contribution in [0.25, 0.3) is 0 Å². The van der Waals surface area contributed by atoms with Crippen LogP contribution in [0.1, 0.15) is 42.1 Å². The van der Waals surface area contributed by atoms with E-state index in [0.717, 1.165) is 23.1 Å². The van der Waals surface area contributed by atoms with Gasteiger partial charge in [0.2, 0.25) is 11.1 Å². The van der Waals surface area contributed by atoms with E-state index in [4.69, 9.17) is 35.9 Å². The summed E-state index contributed by atoms with van der Waals surface area (Å²) < 4.78 is 20.7. The molecule has 8 nitrogen and oxygen atoms in total. The predicted molar refractivity (Wildman–Crippen MR) is 193 cm³/mol. The van der Waals surface area contributed by atoms with Gasteiger partial charge in [-0.1, -0.05) is 102 Å². The number of fused-ring (bicyclic) bond motifs is 1. The number of aromatic nitrogens is 3.